The summed E-state index contributed by atoms with van der Waals surface area (Å²) < 4.78 is 5.20. The Kier molecular flexibility index (Phi) is 2.69. The zero-order valence-electron chi connectivity index (χ0n) is 6.91. The van der Waals surface area contributed by atoms with Crippen molar-refractivity contribution < 1.29 is 9.53 Å². The summed E-state index contributed by atoms with van der Waals surface area (Å²) in [5.41, 5.74) is 6.44. The van der Waals surface area contributed by atoms with Crippen molar-refractivity contribution in [3.05, 3.63) is 23.8 Å². The van der Waals surface area contributed by atoms with Gasteiger partial charge in [-0.15, -0.1) is 0 Å². The van der Waals surface area contributed by atoms with E-state index in [1.807, 2.05) is 6.92 Å². The first-order valence-corrected chi connectivity index (χ1v) is 3.76. The van der Waals surface area contributed by atoms with E-state index < -0.39 is 0 Å². The summed E-state index contributed by atoms with van der Waals surface area (Å²) in [4.78, 5) is 10.6. The van der Waals surface area contributed by atoms with Crippen LogP contribution in [0.1, 0.15) is 17.3 Å². The molecule has 1 aromatic rings. The van der Waals surface area contributed by atoms with Gasteiger partial charge in [-0.05, 0) is 19.1 Å². The zero-order valence-corrected chi connectivity index (χ0v) is 6.91. The molecule has 0 aliphatic carbocycles. The minimum atomic E-state index is 0.430. The van der Waals surface area contributed by atoms with E-state index in [4.69, 9.17) is 10.5 Å². The molecule has 0 radical (unpaired) electrons. The third kappa shape index (κ3) is 1.56. The van der Waals surface area contributed by atoms with Crippen LogP contribution in [0.25, 0.3) is 0 Å². The normalized spacial score (nSPS) is 9.42. The second-order valence-electron chi connectivity index (χ2n) is 2.31. The Morgan fingerprint density at radius 2 is 2.33 bits per heavy atom. The van der Waals surface area contributed by atoms with E-state index in [0.29, 0.717) is 29.9 Å². The summed E-state index contributed by atoms with van der Waals surface area (Å²) in [6, 6.07) is 5.16. The Balaban J connectivity index is 3.09. The molecule has 2 N–H and O–H groups in total. The molecule has 0 saturated carbocycles. The predicted octanol–water partition coefficient (Wildman–Crippen LogP) is 1.48. The molecule has 1 rings (SSSR count). The van der Waals surface area contributed by atoms with E-state index in [1.165, 1.54) is 0 Å². The second-order valence-corrected chi connectivity index (χ2v) is 2.31. The number of nitrogens with two attached hydrogens (primary N) is 1. The largest absolute Gasteiger partial charge is 0.493 e. The molecule has 12 heavy (non-hydrogen) atoms. The van der Waals surface area contributed by atoms with Crippen LogP contribution in [0.2, 0.25) is 0 Å². The van der Waals surface area contributed by atoms with Crippen molar-refractivity contribution in [1.82, 2.24) is 0 Å². The van der Waals surface area contributed by atoms with E-state index in [0.717, 1.165) is 0 Å². The number of nitrogen functional groups attached to an aromatic ring is 1. The number of carbonyl (C=O) groups is 1. The lowest BCUT2D eigenvalue weighted by molar-refractivity contribution is 0.112. The highest BCUT2D eigenvalue weighted by atomic mass is 16.5. The number of anilines is 1. The highest BCUT2D eigenvalue weighted by molar-refractivity contribution is 5.87. The van der Waals surface area contributed by atoms with Crippen LogP contribution in [-0.2, 0) is 0 Å². The highest BCUT2D eigenvalue weighted by Crippen LogP contribution is 2.21. The highest BCUT2D eigenvalue weighted by Gasteiger charge is 2.04. The maximum atomic E-state index is 10.6. The van der Waals surface area contributed by atoms with Gasteiger partial charge in [0.25, 0.3) is 0 Å². The quantitative estimate of drug-likeness (QED) is 0.545. The van der Waals surface area contributed by atoms with Gasteiger partial charge < -0.3 is 10.5 Å². The average molecular weight is 165 g/mol. The molecule has 3 nitrogen and oxygen atoms in total. The SMILES string of the molecule is CCOc1cccc(N)c1C=O. The Morgan fingerprint density at radius 1 is 1.58 bits per heavy atom. The van der Waals surface area contributed by atoms with E-state index in [1.54, 1.807) is 18.2 Å². The maximum absolute atomic E-state index is 10.6. The topological polar surface area (TPSA) is 52.3 Å². The fourth-order valence-electron chi connectivity index (χ4n) is 0.968. The molecule has 1 aromatic carbocycles. The van der Waals surface area contributed by atoms with Crippen LogP contribution in [0.3, 0.4) is 0 Å². The number of carbonyl (C=O) groups excluding carboxylic acids is 1. The van der Waals surface area contributed by atoms with Crippen molar-refractivity contribution in [1.29, 1.82) is 0 Å². The van der Waals surface area contributed by atoms with Crippen LogP contribution in [-0.4, -0.2) is 12.9 Å². The Labute approximate surface area is 71.1 Å². The lowest BCUT2D eigenvalue weighted by atomic mass is 10.2. The van der Waals surface area contributed by atoms with Gasteiger partial charge in [0, 0.05) is 5.69 Å². The van der Waals surface area contributed by atoms with Crippen LogP contribution in [0.4, 0.5) is 5.69 Å². The van der Waals surface area contributed by atoms with E-state index in [2.05, 4.69) is 0 Å². The van der Waals surface area contributed by atoms with Crippen molar-refractivity contribution in [3.63, 3.8) is 0 Å². The summed E-state index contributed by atoms with van der Waals surface area (Å²) >= 11 is 0. The number of hydrogen-bond acceptors (Lipinski definition) is 3. The summed E-state index contributed by atoms with van der Waals surface area (Å²) in [6.07, 6.45) is 0.709. The molecule has 0 aliphatic rings. The fraction of sp³-hybridized carbons (Fsp3) is 0.222. The monoisotopic (exact) mass is 165 g/mol. The van der Waals surface area contributed by atoms with Gasteiger partial charge in [0.2, 0.25) is 0 Å². The van der Waals surface area contributed by atoms with Gasteiger partial charge in [0.05, 0.1) is 12.2 Å². The van der Waals surface area contributed by atoms with Crippen LogP contribution < -0.4 is 10.5 Å². The van der Waals surface area contributed by atoms with Crippen molar-refractivity contribution >= 4 is 12.0 Å². The first-order chi connectivity index (χ1) is 5.79. The molecule has 0 bridgehead atoms. The molecule has 0 spiro atoms. The zero-order chi connectivity index (χ0) is 8.97. The molecule has 0 atom stereocenters. The van der Waals surface area contributed by atoms with E-state index in [-0.39, 0.29) is 0 Å². The first-order valence-electron chi connectivity index (χ1n) is 3.76. The van der Waals surface area contributed by atoms with Gasteiger partial charge in [-0.1, -0.05) is 6.07 Å². The van der Waals surface area contributed by atoms with E-state index >= 15 is 0 Å². The molecule has 0 saturated heterocycles. The fourth-order valence-corrected chi connectivity index (χ4v) is 0.968. The minimum absolute atomic E-state index is 0.430. The lowest BCUT2D eigenvalue weighted by Crippen LogP contribution is -1.99. The van der Waals surface area contributed by atoms with Gasteiger partial charge in [0.15, 0.2) is 6.29 Å². The standard InChI is InChI=1S/C9H11NO2/c1-2-12-9-5-3-4-8(10)7(9)6-11/h3-6H,2,10H2,1H3. The molecule has 64 valence electrons. The van der Waals surface area contributed by atoms with Crippen LogP contribution in [0.5, 0.6) is 5.75 Å². The molecular formula is C9H11NO2. The van der Waals surface area contributed by atoms with Gasteiger partial charge in [0.1, 0.15) is 5.75 Å². The number of benzene rings is 1. The number of hydrogen-bond donors (Lipinski definition) is 1. The molecule has 0 aromatic heterocycles. The van der Waals surface area contributed by atoms with Crippen molar-refractivity contribution in [3.8, 4) is 5.75 Å². The van der Waals surface area contributed by atoms with Gasteiger partial charge in [-0.2, -0.15) is 0 Å². The average Bonchev–Trinajstić information content (AvgIpc) is 2.05. The maximum Gasteiger partial charge on any atom is 0.155 e. The first kappa shape index (κ1) is 8.59. The van der Waals surface area contributed by atoms with Gasteiger partial charge in [-0.3, -0.25) is 4.79 Å². The van der Waals surface area contributed by atoms with Crippen LogP contribution in [0.15, 0.2) is 18.2 Å². The third-order valence-corrected chi connectivity index (χ3v) is 1.52. The molecule has 0 heterocycles. The van der Waals surface area contributed by atoms with Crippen molar-refractivity contribution in [2.75, 3.05) is 12.3 Å². The number of ether oxygens (including phenoxy) is 1. The third-order valence-electron chi connectivity index (χ3n) is 1.52. The molecule has 3 heteroatoms. The van der Waals surface area contributed by atoms with Crippen molar-refractivity contribution in [2.24, 2.45) is 0 Å². The summed E-state index contributed by atoms with van der Waals surface area (Å²) in [6.45, 7) is 2.39. The van der Waals surface area contributed by atoms with Gasteiger partial charge in [-0.25, -0.2) is 0 Å². The second kappa shape index (κ2) is 3.76. The lowest BCUT2D eigenvalue weighted by Gasteiger charge is -2.06. The van der Waals surface area contributed by atoms with E-state index in [9.17, 15) is 4.79 Å². The summed E-state index contributed by atoms with van der Waals surface area (Å²) in [7, 11) is 0. The van der Waals surface area contributed by atoms with Crippen LogP contribution >= 0.6 is 0 Å². The molecular weight excluding hydrogens is 154 g/mol. The Bertz CT molecular complexity index is 284. The van der Waals surface area contributed by atoms with Crippen molar-refractivity contribution in [2.45, 2.75) is 6.92 Å². The molecule has 0 aliphatic heterocycles. The number of aldehydes is 1. The molecule has 0 amide bonds. The van der Waals surface area contributed by atoms with Crippen LogP contribution in [0, 0.1) is 0 Å². The predicted molar refractivity (Wildman–Crippen MR) is 47.4 cm³/mol. The minimum Gasteiger partial charge on any atom is -0.493 e. The molecule has 0 fully saturated rings. The Hall–Kier alpha value is -1.51. The summed E-state index contributed by atoms with van der Waals surface area (Å²) in [5.74, 6) is 0.549. The summed E-state index contributed by atoms with van der Waals surface area (Å²) in [5, 5.41) is 0. The smallest absolute Gasteiger partial charge is 0.155 e. The number of rotatable bonds is 3. The Morgan fingerprint density at radius 3 is 2.92 bits per heavy atom. The molecule has 0 unspecified atom stereocenters. The van der Waals surface area contributed by atoms with Gasteiger partial charge >= 0.3 is 0 Å².